The maximum absolute atomic E-state index is 12.2. The van der Waals surface area contributed by atoms with Crippen molar-refractivity contribution < 1.29 is 4.79 Å². The number of nitrogens with zero attached hydrogens (tertiary/aromatic N) is 4. The van der Waals surface area contributed by atoms with Gasteiger partial charge in [0.25, 0.3) is 5.56 Å². The third-order valence-corrected chi connectivity index (χ3v) is 4.66. The second kappa shape index (κ2) is 9.56. The predicted molar refractivity (Wildman–Crippen MR) is 125 cm³/mol. The van der Waals surface area contributed by atoms with Crippen LogP contribution in [0.4, 0.5) is 10.7 Å². The number of anilines is 1. The van der Waals surface area contributed by atoms with Gasteiger partial charge in [0, 0.05) is 24.5 Å². The number of fused-ring (bicyclic) bond motifs is 1. The second-order valence-corrected chi connectivity index (χ2v) is 7.07. The van der Waals surface area contributed by atoms with Crippen LogP contribution in [0.25, 0.3) is 22.0 Å². The average Bonchev–Trinajstić information content (AvgIpc) is 2.82. The topological polar surface area (TPSA) is 177 Å². The monoisotopic (exact) mass is 443 g/mol. The molecule has 2 aromatic carbocycles. The number of hydrogen-bond acceptors (Lipinski definition) is 6. The van der Waals surface area contributed by atoms with Crippen molar-refractivity contribution in [2.24, 2.45) is 16.5 Å². The molecule has 11 heteroatoms. The van der Waals surface area contributed by atoms with Gasteiger partial charge in [0.2, 0.25) is 5.95 Å². The molecular formula is C22H21N9O2. The fourth-order valence-corrected chi connectivity index (χ4v) is 3.15. The molecule has 0 radical (unpaired) electrons. The Balaban J connectivity index is 1.41. The third kappa shape index (κ3) is 5.47. The second-order valence-electron chi connectivity index (χ2n) is 7.07. The maximum Gasteiger partial charge on any atom is 0.344 e. The van der Waals surface area contributed by atoms with Crippen molar-refractivity contribution in [2.45, 2.75) is 13.1 Å². The highest BCUT2D eigenvalue weighted by Gasteiger charge is 2.06. The minimum absolute atomic E-state index is 0.192. The number of para-hydroxylation sites is 1. The van der Waals surface area contributed by atoms with Gasteiger partial charge in [-0.25, -0.2) is 19.7 Å². The summed E-state index contributed by atoms with van der Waals surface area (Å²) in [6, 6.07) is 14.1. The minimum atomic E-state index is -0.610. The number of hydrogen-bond donors (Lipinski definition) is 5. The molecule has 0 aliphatic heterocycles. The van der Waals surface area contributed by atoms with Crippen LogP contribution in [0.5, 0.6) is 0 Å². The van der Waals surface area contributed by atoms with Gasteiger partial charge in [0.05, 0.1) is 17.4 Å². The number of guanidine groups is 1. The van der Waals surface area contributed by atoms with Crippen LogP contribution in [-0.4, -0.2) is 31.9 Å². The van der Waals surface area contributed by atoms with E-state index < -0.39 is 6.03 Å². The number of carbonyl (C=O) groups is 1. The molecule has 4 aromatic rings. The summed E-state index contributed by atoms with van der Waals surface area (Å²) >= 11 is 0. The Morgan fingerprint density at radius 2 is 1.79 bits per heavy atom. The fourth-order valence-electron chi connectivity index (χ4n) is 3.15. The van der Waals surface area contributed by atoms with Crippen molar-refractivity contribution in [3.8, 4) is 11.1 Å². The number of nitrogens with one attached hydrogen (secondary N) is 3. The average molecular weight is 443 g/mol. The molecular weight excluding hydrogens is 422 g/mol. The third-order valence-electron chi connectivity index (χ3n) is 4.66. The van der Waals surface area contributed by atoms with Gasteiger partial charge in [-0.2, -0.15) is 4.99 Å². The zero-order chi connectivity index (χ0) is 23.2. The molecule has 0 bridgehead atoms. The first-order chi connectivity index (χ1) is 16.0. The van der Waals surface area contributed by atoms with Gasteiger partial charge in [-0.05, 0) is 29.3 Å². The molecule has 0 aliphatic carbocycles. The number of aliphatic imine (C=N–C) groups is 1. The highest BCUT2D eigenvalue weighted by atomic mass is 16.2. The summed E-state index contributed by atoms with van der Waals surface area (Å²) < 4.78 is 0. The van der Waals surface area contributed by atoms with Crippen LogP contribution >= 0.6 is 0 Å². The van der Waals surface area contributed by atoms with Crippen molar-refractivity contribution in [3.05, 3.63) is 82.7 Å². The van der Waals surface area contributed by atoms with E-state index in [9.17, 15) is 9.59 Å². The Bertz CT molecular complexity index is 1380. The molecule has 33 heavy (non-hydrogen) atoms. The number of amides is 2. The van der Waals surface area contributed by atoms with E-state index in [0.717, 1.165) is 16.7 Å². The molecule has 0 saturated carbocycles. The molecule has 4 rings (SSSR count). The molecule has 0 spiro atoms. The molecule has 0 fully saturated rings. The summed E-state index contributed by atoms with van der Waals surface area (Å²) in [5.74, 6) is 0.590. The van der Waals surface area contributed by atoms with Crippen molar-refractivity contribution in [2.75, 3.05) is 5.32 Å². The van der Waals surface area contributed by atoms with E-state index in [2.05, 4.69) is 35.6 Å². The van der Waals surface area contributed by atoms with Crippen LogP contribution in [-0.2, 0) is 13.1 Å². The number of aromatic amines is 1. The van der Waals surface area contributed by atoms with E-state index in [1.54, 1.807) is 30.6 Å². The number of carbonyl (C=O) groups excluding carboxylic acids is 1. The smallest absolute Gasteiger partial charge is 0.344 e. The zero-order valence-corrected chi connectivity index (χ0v) is 17.4. The molecule has 0 saturated heterocycles. The Morgan fingerprint density at radius 3 is 2.58 bits per heavy atom. The number of benzene rings is 2. The van der Waals surface area contributed by atoms with Gasteiger partial charge in [-0.3, -0.25) is 4.79 Å². The first-order valence-corrected chi connectivity index (χ1v) is 9.98. The fraction of sp³-hybridized carbons (Fsp3) is 0.0909. The minimum Gasteiger partial charge on any atom is -0.370 e. The summed E-state index contributed by atoms with van der Waals surface area (Å²) in [4.78, 5) is 43.0. The molecule has 166 valence electrons. The summed E-state index contributed by atoms with van der Waals surface area (Å²) in [5.41, 5.74) is 13.4. The van der Waals surface area contributed by atoms with Crippen LogP contribution in [0.2, 0.25) is 0 Å². The van der Waals surface area contributed by atoms with Gasteiger partial charge in [0.1, 0.15) is 5.82 Å². The van der Waals surface area contributed by atoms with Crippen LogP contribution < -0.4 is 27.7 Å². The van der Waals surface area contributed by atoms with E-state index in [1.165, 1.54) is 0 Å². The molecule has 0 atom stereocenters. The van der Waals surface area contributed by atoms with Gasteiger partial charge < -0.3 is 27.1 Å². The zero-order valence-electron chi connectivity index (χ0n) is 17.4. The lowest BCUT2D eigenvalue weighted by Crippen LogP contribution is -2.28. The molecule has 2 amide bonds. The first kappa shape index (κ1) is 21.4. The Hall–Kier alpha value is -4.80. The van der Waals surface area contributed by atoms with E-state index in [-0.39, 0.29) is 24.6 Å². The molecule has 0 unspecified atom stereocenters. The Kier molecular flexibility index (Phi) is 6.21. The van der Waals surface area contributed by atoms with Crippen molar-refractivity contribution in [1.29, 1.82) is 0 Å². The lowest BCUT2D eigenvalue weighted by atomic mass is 10.1. The predicted octanol–water partition coefficient (Wildman–Crippen LogP) is 1.48. The SMILES string of the molecule is NC(N)=NC(=O)NCc1cccc(-c2cnc(NCc3nc4ccccc4c(=O)[nH]3)nc2)c1. The summed E-state index contributed by atoms with van der Waals surface area (Å²) in [6.07, 6.45) is 3.37. The lowest BCUT2D eigenvalue weighted by Gasteiger charge is -2.08. The Morgan fingerprint density at radius 1 is 1.00 bits per heavy atom. The summed E-state index contributed by atoms with van der Waals surface area (Å²) in [7, 11) is 0. The lowest BCUT2D eigenvalue weighted by molar-refractivity contribution is 0.249. The number of urea groups is 1. The Labute approximate surface area is 188 Å². The molecule has 0 aliphatic rings. The number of nitrogens with two attached hydrogens (primary N) is 2. The van der Waals surface area contributed by atoms with Gasteiger partial charge >= 0.3 is 6.03 Å². The van der Waals surface area contributed by atoms with Crippen LogP contribution in [0.1, 0.15) is 11.4 Å². The van der Waals surface area contributed by atoms with Gasteiger partial charge in [-0.15, -0.1) is 0 Å². The summed E-state index contributed by atoms with van der Waals surface area (Å²) in [5, 5.41) is 6.20. The van der Waals surface area contributed by atoms with Gasteiger partial charge in [0.15, 0.2) is 5.96 Å². The van der Waals surface area contributed by atoms with Crippen molar-refractivity contribution in [3.63, 3.8) is 0 Å². The summed E-state index contributed by atoms with van der Waals surface area (Å²) in [6.45, 7) is 0.533. The van der Waals surface area contributed by atoms with Crippen LogP contribution in [0.3, 0.4) is 0 Å². The molecule has 2 heterocycles. The standard InChI is InChI=1S/C22H21N9O2/c23-20(24)31-22(33)28-9-13-4-3-5-14(8-13)15-10-25-21(26-11-15)27-12-18-29-17-7-2-1-6-16(17)19(32)30-18/h1-8,10-11H,9,12H2,(H,25,26,27)(H,29,30,32)(H5,23,24,28,31,33). The normalized spacial score (nSPS) is 10.5. The van der Waals surface area contributed by atoms with E-state index in [1.807, 2.05) is 30.3 Å². The van der Waals surface area contributed by atoms with Crippen LogP contribution in [0.15, 0.2) is 70.7 Å². The highest BCUT2D eigenvalue weighted by molar-refractivity contribution is 5.90. The van der Waals surface area contributed by atoms with Crippen LogP contribution in [0, 0.1) is 0 Å². The van der Waals surface area contributed by atoms with Crippen molar-refractivity contribution >= 4 is 28.8 Å². The van der Waals surface area contributed by atoms with E-state index in [0.29, 0.717) is 22.7 Å². The van der Waals surface area contributed by atoms with E-state index in [4.69, 9.17) is 11.5 Å². The van der Waals surface area contributed by atoms with E-state index >= 15 is 0 Å². The maximum atomic E-state index is 12.2. The quantitative estimate of drug-likeness (QED) is 0.220. The molecule has 11 nitrogen and oxygen atoms in total. The molecule has 2 aromatic heterocycles. The molecule has 7 N–H and O–H groups in total. The highest BCUT2D eigenvalue weighted by Crippen LogP contribution is 2.19. The largest absolute Gasteiger partial charge is 0.370 e. The number of rotatable bonds is 6. The van der Waals surface area contributed by atoms with Gasteiger partial charge in [-0.1, -0.05) is 30.3 Å². The number of H-pyrrole nitrogens is 1. The first-order valence-electron chi connectivity index (χ1n) is 9.98. The van der Waals surface area contributed by atoms with Crippen molar-refractivity contribution in [1.82, 2.24) is 25.3 Å². The number of aromatic nitrogens is 4.